The summed E-state index contributed by atoms with van der Waals surface area (Å²) in [5.74, 6) is 0. The number of nitrogens with two attached hydrogens (primary N) is 1. The van der Waals surface area contributed by atoms with Crippen LogP contribution in [0, 0.1) is 0 Å². The number of hydrogen-bond acceptors (Lipinski definition) is 4. The van der Waals surface area contributed by atoms with Crippen molar-refractivity contribution in [3.8, 4) is 0 Å². The van der Waals surface area contributed by atoms with Crippen LogP contribution in [-0.2, 0) is 4.65 Å². The molecule has 91 valence electrons. The predicted octanol–water partition coefficient (Wildman–Crippen LogP) is 1.06. The van der Waals surface area contributed by atoms with Gasteiger partial charge in [-0.2, -0.15) is 0 Å². The van der Waals surface area contributed by atoms with Crippen LogP contribution in [0.1, 0.15) is 34.6 Å². The number of rotatable bonds is 5. The lowest BCUT2D eigenvalue weighted by atomic mass is 9.84. The summed E-state index contributed by atoms with van der Waals surface area (Å²) < 4.78 is 5.54. The van der Waals surface area contributed by atoms with Gasteiger partial charge in [0.1, 0.15) is 0 Å². The number of nitrogens with zero attached hydrogens (tertiary/aromatic N) is 1. The molecule has 0 aliphatic carbocycles. The Balaban J connectivity index is 4.51. The van der Waals surface area contributed by atoms with E-state index in [1.54, 1.807) is 33.9 Å². The molecule has 0 aromatic carbocycles. The molecule has 0 heterocycles. The summed E-state index contributed by atoms with van der Waals surface area (Å²) in [5.41, 5.74) is 5.20. The summed E-state index contributed by atoms with van der Waals surface area (Å²) >= 11 is 0. The number of aliphatic imine (C=N–C) groups is 1. The van der Waals surface area contributed by atoms with Crippen LogP contribution in [0.4, 0.5) is 0 Å². The molecule has 0 saturated carbocycles. The summed E-state index contributed by atoms with van der Waals surface area (Å²) in [6, 6.07) is 0. The van der Waals surface area contributed by atoms with E-state index in [0.29, 0.717) is 11.3 Å². The van der Waals surface area contributed by atoms with Crippen LogP contribution in [0.5, 0.6) is 0 Å². The largest absolute Gasteiger partial charge is 0.425 e. The van der Waals surface area contributed by atoms with Crippen molar-refractivity contribution in [2.75, 3.05) is 7.05 Å². The summed E-state index contributed by atoms with van der Waals surface area (Å²) in [4.78, 5) is 4.01. The van der Waals surface area contributed by atoms with Crippen LogP contribution in [-0.4, -0.2) is 36.4 Å². The lowest BCUT2D eigenvalue weighted by Gasteiger charge is -2.37. The Labute approximate surface area is 98.9 Å². The first kappa shape index (κ1) is 15.2. The van der Waals surface area contributed by atoms with Crippen LogP contribution in [0.2, 0.25) is 0 Å². The Morgan fingerprint density at radius 1 is 1.38 bits per heavy atom. The summed E-state index contributed by atoms with van der Waals surface area (Å²) in [6.07, 6.45) is 1.71. The summed E-state index contributed by atoms with van der Waals surface area (Å²) in [7, 11) is 3.17. The molecule has 0 aliphatic rings. The fraction of sp³-hybridized carbons (Fsp3) is 0.727. The van der Waals surface area contributed by atoms with Gasteiger partial charge in [0.05, 0.1) is 11.2 Å². The Morgan fingerprint density at radius 2 is 1.88 bits per heavy atom. The average molecular weight is 225 g/mol. The highest BCUT2D eigenvalue weighted by molar-refractivity contribution is 6.73. The molecule has 16 heavy (non-hydrogen) atoms. The first-order chi connectivity index (χ1) is 7.10. The molecule has 0 atom stereocenters. The minimum atomic E-state index is -0.941. The Bertz CT molecular complexity index is 287. The third kappa shape index (κ3) is 4.81. The topological polar surface area (TPSA) is 67.8 Å². The van der Waals surface area contributed by atoms with Crippen molar-refractivity contribution in [1.82, 2.24) is 0 Å². The molecular weight excluding hydrogens is 203 g/mol. The maximum atomic E-state index is 9.89. The van der Waals surface area contributed by atoms with E-state index in [0.717, 1.165) is 0 Å². The Morgan fingerprint density at radius 3 is 2.19 bits per heavy atom. The highest BCUT2D eigenvalue weighted by Crippen LogP contribution is 2.24. The van der Waals surface area contributed by atoms with E-state index >= 15 is 0 Å². The molecule has 0 unspecified atom stereocenters. The second-order valence-electron chi connectivity index (χ2n) is 4.84. The van der Waals surface area contributed by atoms with E-state index < -0.39 is 11.2 Å². The van der Waals surface area contributed by atoms with Crippen molar-refractivity contribution >= 4 is 13.1 Å². The minimum Gasteiger partial charge on any atom is -0.425 e. The fourth-order valence-corrected chi connectivity index (χ4v) is 0.736. The lowest BCUT2D eigenvalue weighted by molar-refractivity contribution is -0.0890. The zero-order valence-corrected chi connectivity index (χ0v) is 11.0. The van der Waals surface area contributed by atoms with Crippen LogP contribution >= 0.6 is 0 Å². The number of allylic oxidation sites excluding steroid dienone is 2. The molecule has 4 nitrogen and oxygen atoms in total. The van der Waals surface area contributed by atoms with E-state index in [1.807, 2.05) is 13.8 Å². The number of hydrogen-bond donors (Lipinski definition) is 2. The molecular formula is C11H22BN2O2. The third-order valence-electron chi connectivity index (χ3n) is 2.58. The molecule has 0 saturated heterocycles. The van der Waals surface area contributed by atoms with Gasteiger partial charge >= 0.3 is 7.48 Å². The first-order valence-electron chi connectivity index (χ1n) is 5.24. The maximum Gasteiger partial charge on any atom is 0.351 e. The molecule has 0 fully saturated rings. The SMILES string of the molecule is CN=C([B]OC(C)(C)C(C)(C)O)/C=C(/C)N. The monoisotopic (exact) mass is 225 g/mol. The van der Waals surface area contributed by atoms with Gasteiger partial charge in [-0.3, -0.25) is 0 Å². The molecule has 0 aromatic heterocycles. The fourth-order valence-electron chi connectivity index (χ4n) is 0.736. The zero-order chi connectivity index (χ0) is 13.0. The standard InChI is InChI=1S/C11H22BN2O2/c1-8(13)7-9(14-6)12-16-11(4,5)10(2,3)15/h7,15H,13H2,1-6H3/b8-7-,14-9?. The van der Waals surface area contributed by atoms with Gasteiger partial charge in [-0.05, 0) is 40.7 Å². The van der Waals surface area contributed by atoms with Crippen molar-refractivity contribution in [1.29, 1.82) is 0 Å². The van der Waals surface area contributed by atoms with Gasteiger partial charge in [0.2, 0.25) is 0 Å². The van der Waals surface area contributed by atoms with E-state index in [9.17, 15) is 5.11 Å². The van der Waals surface area contributed by atoms with Gasteiger partial charge in [-0.1, -0.05) is 0 Å². The summed E-state index contributed by atoms with van der Waals surface area (Å²) in [5, 5.41) is 9.89. The van der Waals surface area contributed by atoms with Crippen molar-refractivity contribution in [3.05, 3.63) is 11.8 Å². The second kappa shape index (κ2) is 5.50. The van der Waals surface area contributed by atoms with Crippen LogP contribution in [0.3, 0.4) is 0 Å². The van der Waals surface area contributed by atoms with Crippen molar-refractivity contribution in [2.24, 2.45) is 10.7 Å². The smallest absolute Gasteiger partial charge is 0.351 e. The Kier molecular flexibility index (Phi) is 5.22. The minimum absolute atomic E-state index is 0.636. The molecule has 0 spiro atoms. The maximum absolute atomic E-state index is 9.89. The molecule has 5 heteroatoms. The van der Waals surface area contributed by atoms with Crippen molar-refractivity contribution in [2.45, 2.75) is 45.8 Å². The van der Waals surface area contributed by atoms with E-state index in [2.05, 4.69) is 4.99 Å². The number of aliphatic hydroxyl groups is 1. The van der Waals surface area contributed by atoms with Gasteiger partial charge in [0.15, 0.2) is 0 Å². The normalized spacial score (nSPS) is 15.2. The molecule has 0 aliphatic heterocycles. The zero-order valence-electron chi connectivity index (χ0n) is 11.0. The first-order valence-corrected chi connectivity index (χ1v) is 5.24. The van der Waals surface area contributed by atoms with E-state index in [-0.39, 0.29) is 0 Å². The molecule has 0 aromatic rings. The summed E-state index contributed by atoms with van der Waals surface area (Å²) in [6.45, 7) is 8.81. The van der Waals surface area contributed by atoms with Crippen LogP contribution in [0.15, 0.2) is 16.8 Å². The molecule has 1 radical (unpaired) electrons. The Hall–Kier alpha value is -0.805. The second-order valence-corrected chi connectivity index (χ2v) is 4.84. The van der Waals surface area contributed by atoms with Gasteiger partial charge in [-0.15, -0.1) is 0 Å². The van der Waals surface area contributed by atoms with E-state index in [1.165, 1.54) is 7.48 Å². The molecule has 3 N–H and O–H groups in total. The van der Waals surface area contributed by atoms with Gasteiger partial charge in [-0.25, -0.2) is 0 Å². The van der Waals surface area contributed by atoms with Gasteiger partial charge in [0, 0.05) is 18.4 Å². The average Bonchev–Trinajstić information content (AvgIpc) is 2.09. The van der Waals surface area contributed by atoms with Crippen molar-refractivity contribution < 1.29 is 9.76 Å². The highest BCUT2D eigenvalue weighted by atomic mass is 16.5. The van der Waals surface area contributed by atoms with E-state index in [4.69, 9.17) is 10.4 Å². The third-order valence-corrected chi connectivity index (χ3v) is 2.58. The van der Waals surface area contributed by atoms with Crippen LogP contribution in [0.25, 0.3) is 0 Å². The predicted molar refractivity (Wildman–Crippen MR) is 68.5 cm³/mol. The lowest BCUT2D eigenvalue weighted by Crippen LogP contribution is -2.48. The van der Waals surface area contributed by atoms with Crippen LogP contribution < -0.4 is 5.73 Å². The highest BCUT2D eigenvalue weighted by Gasteiger charge is 2.35. The van der Waals surface area contributed by atoms with Crippen molar-refractivity contribution in [3.63, 3.8) is 0 Å². The molecule has 0 amide bonds. The molecule has 0 bridgehead atoms. The quantitative estimate of drug-likeness (QED) is 0.543. The van der Waals surface area contributed by atoms with Gasteiger partial charge < -0.3 is 20.5 Å². The van der Waals surface area contributed by atoms with Gasteiger partial charge in [0.25, 0.3) is 0 Å². The molecule has 0 rings (SSSR count).